The molecule has 1 atom stereocenters. The molecule has 120 valence electrons. The van der Waals surface area contributed by atoms with Gasteiger partial charge in [0.1, 0.15) is 13.1 Å². The van der Waals surface area contributed by atoms with Crippen molar-refractivity contribution in [1.82, 2.24) is 0 Å². The van der Waals surface area contributed by atoms with Crippen LogP contribution in [0.1, 0.15) is 17.2 Å². The maximum absolute atomic E-state index is 12.9. The van der Waals surface area contributed by atoms with E-state index in [4.69, 9.17) is 4.74 Å². The number of anilines is 1. The van der Waals surface area contributed by atoms with Crippen LogP contribution in [-0.2, 0) is 9.53 Å². The van der Waals surface area contributed by atoms with Crippen LogP contribution in [-0.4, -0.2) is 32.2 Å². The van der Waals surface area contributed by atoms with Crippen LogP contribution >= 0.6 is 0 Å². The van der Waals surface area contributed by atoms with Gasteiger partial charge in [-0.05, 0) is 19.1 Å². The van der Waals surface area contributed by atoms with Gasteiger partial charge >= 0.3 is 0 Å². The van der Waals surface area contributed by atoms with Gasteiger partial charge in [-0.25, -0.2) is 0 Å². The second kappa shape index (κ2) is 7.40. The number of quaternary nitrogens is 1. The molecule has 0 spiro atoms. The van der Waals surface area contributed by atoms with Crippen molar-refractivity contribution in [3.8, 4) is 0 Å². The Morgan fingerprint density at radius 1 is 1.04 bits per heavy atom. The number of rotatable bonds is 4. The molecule has 1 aliphatic rings. The van der Waals surface area contributed by atoms with Gasteiger partial charge in [-0.2, -0.15) is 0 Å². The number of aryl methyl sites for hydroxylation is 1. The third-order valence-corrected chi connectivity index (χ3v) is 4.26. The number of hydrogen-bond acceptors (Lipinski definition) is 2. The van der Waals surface area contributed by atoms with Crippen LogP contribution in [0.5, 0.6) is 0 Å². The van der Waals surface area contributed by atoms with Crippen LogP contribution in [0.2, 0.25) is 0 Å². The molecule has 1 amide bonds. The van der Waals surface area contributed by atoms with Crippen molar-refractivity contribution in [2.45, 2.75) is 13.0 Å². The molecule has 1 aliphatic heterocycles. The summed E-state index contributed by atoms with van der Waals surface area (Å²) in [6.07, 6.45) is 0. The van der Waals surface area contributed by atoms with Crippen molar-refractivity contribution in [3.63, 3.8) is 0 Å². The third-order valence-electron chi connectivity index (χ3n) is 4.26. The molecule has 0 aliphatic carbocycles. The van der Waals surface area contributed by atoms with Crippen LogP contribution < -0.4 is 10.2 Å². The Morgan fingerprint density at radius 3 is 2.35 bits per heavy atom. The van der Waals surface area contributed by atoms with Crippen molar-refractivity contribution >= 4 is 11.6 Å². The fourth-order valence-corrected chi connectivity index (χ4v) is 2.99. The summed E-state index contributed by atoms with van der Waals surface area (Å²) in [7, 11) is 0. The standard InChI is InChI=1S/C19H22N2O2/c1-15-7-9-17(10-8-15)20-19(22)18(16-5-3-2-4-6-16)21-11-13-23-14-12-21/h2-10,18H,11-14H2,1H3,(H,20,22)/p+1/t18-/m0/s1. The minimum atomic E-state index is -0.207. The first-order valence-corrected chi connectivity index (χ1v) is 8.09. The summed E-state index contributed by atoms with van der Waals surface area (Å²) in [4.78, 5) is 14.2. The van der Waals surface area contributed by atoms with Gasteiger partial charge in [0.05, 0.1) is 13.2 Å². The van der Waals surface area contributed by atoms with E-state index in [1.54, 1.807) is 0 Å². The van der Waals surface area contributed by atoms with Gasteiger partial charge in [-0.15, -0.1) is 0 Å². The molecule has 0 bridgehead atoms. The van der Waals surface area contributed by atoms with Crippen molar-refractivity contribution in [3.05, 3.63) is 65.7 Å². The monoisotopic (exact) mass is 311 g/mol. The lowest BCUT2D eigenvalue weighted by atomic mass is 10.0. The minimum Gasteiger partial charge on any atom is -0.370 e. The molecule has 0 saturated carbocycles. The Hall–Kier alpha value is -2.17. The number of nitrogens with one attached hydrogen (secondary N) is 2. The highest BCUT2D eigenvalue weighted by molar-refractivity contribution is 5.94. The maximum atomic E-state index is 12.9. The molecule has 2 aromatic carbocycles. The summed E-state index contributed by atoms with van der Waals surface area (Å²) < 4.78 is 5.44. The Morgan fingerprint density at radius 2 is 1.70 bits per heavy atom. The largest absolute Gasteiger partial charge is 0.370 e. The van der Waals surface area contributed by atoms with Crippen LogP contribution in [0, 0.1) is 6.92 Å². The highest BCUT2D eigenvalue weighted by Gasteiger charge is 2.32. The molecule has 2 N–H and O–H groups in total. The fourth-order valence-electron chi connectivity index (χ4n) is 2.99. The quantitative estimate of drug-likeness (QED) is 0.900. The smallest absolute Gasteiger partial charge is 0.287 e. The molecule has 1 saturated heterocycles. The lowest BCUT2D eigenvalue weighted by molar-refractivity contribution is -0.929. The van der Waals surface area contributed by atoms with Gasteiger partial charge in [-0.3, -0.25) is 4.79 Å². The highest BCUT2D eigenvalue weighted by atomic mass is 16.5. The first kappa shape index (κ1) is 15.7. The summed E-state index contributed by atoms with van der Waals surface area (Å²) in [5, 5.41) is 3.06. The average molecular weight is 311 g/mol. The molecule has 4 nitrogen and oxygen atoms in total. The number of benzene rings is 2. The molecular formula is C19H23N2O2+. The summed E-state index contributed by atoms with van der Waals surface area (Å²) >= 11 is 0. The Balaban J connectivity index is 1.82. The Labute approximate surface area is 137 Å². The van der Waals surface area contributed by atoms with Crippen LogP contribution in [0.25, 0.3) is 0 Å². The molecule has 1 fully saturated rings. The molecule has 2 aromatic rings. The predicted molar refractivity (Wildman–Crippen MR) is 90.5 cm³/mol. The summed E-state index contributed by atoms with van der Waals surface area (Å²) in [5.74, 6) is 0.0388. The van der Waals surface area contributed by atoms with E-state index in [1.165, 1.54) is 10.5 Å². The molecule has 23 heavy (non-hydrogen) atoms. The summed E-state index contributed by atoms with van der Waals surface area (Å²) in [6.45, 7) is 5.14. The van der Waals surface area contributed by atoms with Gasteiger partial charge in [0.15, 0.2) is 6.04 Å². The second-order valence-corrected chi connectivity index (χ2v) is 5.97. The summed E-state index contributed by atoms with van der Waals surface area (Å²) in [6, 6.07) is 17.7. The van der Waals surface area contributed by atoms with E-state index in [-0.39, 0.29) is 11.9 Å². The summed E-state index contributed by atoms with van der Waals surface area (Å²) in [5.41, 5.74) is 3.07. The van der Waals surface area contributed by atoms with Gasteiger partial charge in [0.25, 0.3) is 5.91 Å². The maximum Gasteiger partial charge on any atom is 0.287 e. The van der Waals surface area contributed by atoms with Crippen LogP contribution in [0.3, 0.4) is 0 Å². The number of hydrogen-bond donors (Lipinski definition) is 2. The topological polar surface area (TPSA) is 42.8 Å². The number of ether oxygens (including phenoxy) is 1. The van der Waals surface area contributed by atoms with Crippen molar-refractivity contribution in [2.24, 2.45) is 0 Å². The molecule has 1 heterocycles. The van der Waals surface area contributed by atoms with E-state index < -0.39 is 0 Å². The third kappa shape index (κ3) is 3.97. The van der Waals surface area contributed by atoms with Crippen LogP contribution in [0.4, 0.5) is 5.69 Å². The first-order chi connectivity index (χ1) is 11.2. The zero-order valence-electron chi connectivity index (χ0n) is 13.4. The zero-order chi connectivity index (χ0) is 16.1. The normalized spacial score (nSPS) is 16.7. The lowest BCUT2D eigenvalue weighted by Gasteiger charge is -2.30. The predicted octanol–water partition coefficient (Wildman–Crippen LogP) is 1.59. The fraction of sp³-hybridized carbons (Fsp3) is 0.316. The molecular weight excluding hydrogens is 288 g/mol. The van der Waals surface area contributed by atoms with Gasteiger partial charge in [0.2, 0.25) is 0 Å². The van der Waals surface area contributed by atoms with E-state index in [9.17, 15) is 4.79 Å². The Kier molecular flexibility index (Phi) is 5.05. The van der Waals surface area contributed by atoms with E-state index >= 15 is 0 Å². The number of amides is 1. The molecule has 0 unspecified atom stereocenters. The minimum absolute atomic E-state index is 0.0388. The van der Waals surface area contributed by atoms with E-state index in [0.717, 1.165) is 24.3 Å². The number of morpholine rings is 1. The average Bonchev–Trinajstić information content (AvgIpc) is 2.59. The molecule has 3 rings (SSSR count). The zero-order valence-corrected chi connectivity index (χ0v) is 13.4. The van der Waals surface area contributed by atoms with Crippen molar-refractivity contribution < 1.29 is 14.4 Å². The van der Waals surface area contributed by atoms with Gasteiger partial charge in [0, 0.05) is 11.3 Å². The number of carbonyl (C=O) groups excluding carboxylic acids is 1. The van der Waals surface area contributed by atoms with Gasteiger partial charge in [-0.1, -0.05) is 48.0 Å². The first-order valence-electron chi connectivity index (χ1n) is 8.09. The lowest BCUT2D eigenvalue weighted by Crippen LogP contribution is -3.15. The highest BCUT2D eigenvalue weighted by Crippen LogP contribution is 2.15. The molecule has 0 radical (unpaired) electrons. The van der Waals surface area contributed by atoms with E-state index in [1.807, 2.05) is 61.5 Å². The van der Waals surface area contributed by atoms with E-state index in [0.29, 0.717) is 13.2 Å². The molecule has 0 aromatic heterocycles. The van der Waals surface area contributed by atoms with Crippen LogP contribution in [0.15, 0.2) is 54.6 Å². The molecule has 4 heteroatoms. The van der Waals surface area contributed by atoms with Gasteiger partial charge < -0.3 is 15.0 Å². The van der Waals surface area contributed by atoms with E-state index in [2.05, 4.69) is 5.32 Å². The SMILES string of the molecule is Cc1ccc(NC(=O)[C@H](c2ccccc2)[NH+]2CCOCC2)cc1. The van der Waals surface area contributed by atoms with Crippen molar-refractivity contribution in [1.29, 1.82) is 0 Å². The second-order valence-electron chi connectivity index (χ2n) is 5.97. The number of carbonyl (C=O) groups is 1. The Bertz CT molecular complexity index is 634. The van der Waals surface area contributed by atoms with Crippen molar-refractivity contribution in [2.75, 3.05) is 31.6 Å².